The number of likely N-dealkylation sites (N-methyl/N-ethyl adjacent to an activating group) is 1. The van der Waals surface area contributed by atoms with Crippen LogP contribution in [-0.2, 0) is 0 Å². The van der Waals surface area contributed by atoms with E-state index >= 15 is 0 Å². The van der Waals surface area contributed by atoms with Crippen molar-refractivity contribution in [3.8, 4) is 21.1 Å². The first-order valence-corrected chi connectivity index (χ1v) is 10.3. The molecule has 6 heteroatoms. The molecule has 0 aliphatic carbocycles. The minimum atomic E-state index is 0.945. The Balaban J connectivity index is 1.57. The first kappa shape index (κ1) is 17.3. The number of thiophene rings is 1. The molecule has 1 aliphatic heterocycles. The lowest BCUT2D eigenvalue weighted by Gasteiger charge is -2.33. The van der Waals surface area contributed by atoms with Crippen LogP contribution in [-0.4, -0.2) is 53.3 Å². The number of hydrogen-bond acceptors (Lipinski definition) is 6. The van der Waals surface area contributed by atoms with Gasteiger partial charge < -0.3 is 9.80 Å². The molecule has 0 saturated carbocycles. The Hall–Kier alpha value is -2.83. The van der Waals surface area contributed by atoms with Crippen molar-refractivity contribution in [1.29, 1.82) is 0 Å². The van der Waals surface area contributed by atoms with Gasteiger partial charge in [0.1, 0.15) is 5.69 Å². The number of benzene rings is 1. The van der Waals surface area contributed by atoms with Crippen molar-refractivity contribution < 1.29 is 0 Å². The zero-order valence-corrected chi connectivity index (χ0v) is 16.6. The smallest absolute Gasteiger partial charge is 0.159 e. The van der Waals surface area contributed by atoms with Crippen LogP contribution in [0.25, 0.3) is 31.9 Å². The molecule has 0 bridgehead atoms. The van der Waals surface area contributed by atoms with Gasteiger partial charge in [-0.05, 0) is 31.3 Å². The summed E-state index contributed by atoms with van der Waals surface area (Å²) in [6, 6.07) is 18.7. The van der Waals surface area contributed by atoms with Crippen LogP contribution in [0.3, 0.4) is 0 Å². The van der Waals surface area contributed by atoms with E-state index in [1.807, 2.05) is 24.4 Å². The molecule has 0 unspecified atom stereocenters. The molecular weight excluding hydrogens is 366 g/mol. The average molecular weight is 388 g/mol. The molecule has 5 nitrogen and oxygen atoms in total. The van der Waals surface area contributed by atoms with Crippen LogP contribution in [0.5, 0.6) is 0 Å². The number of pyridine rings is 1. The summed E-state index contributed by atoms with van der Waals surface area (Å²) >= 11 is 1.71. The quantitative estimate of drug-likeness (QED) is 0.528. The molecule has 0 spiro atoms. The highest BCUT2D eigenvalue weighted by Crippen LogP contribution is 2.37. The molecule has 3 aromatic heterocycles. The van der Waals surface area contributed by atoms with Crippen molar-refractivity contribution in [1.82, 2.24) is 20.1 Å². The van der Waals surface area contributed by atoms with Crippen molar-refractivity contribution in [2.24, 2.45) is 0 Å². The van der Waals surface area contributed by atoms with Crippen molar-refractivity contribution in [3.05, 3.63) is 60.8 Å². The van der Waals surface area contributed by atoms with Crippen LogP contribution in [0.2, 0.25) is 0 Å². The molecule has 1 saturated heterocycles. The van der Waals surface area contributed by atoms with E-state index in [0.29, 0.717) is 0 Å². The number of rotatable bonds is 3. The predicted molar refractivity (Wildman–Crippen MR) is 116 cm³/mol. The Bertz CT molecular complexity index is 1100. The second kappa shape index (κ2) is 7.30. The fourth-order valence-corrected chi connectivity index (χ4v) is 4.62. The minimum absolute atomic E-state index is 0.945. The third-order valence-electron chi connectivity index (χ3n) is 5.23. The second-order valence-corrected chi connectivity index (χ2v) is 8.17. The summed E-state index contributed by atoms with van der Waals surface area (Å²) in [6.07, 6.45) is 1.83. The Morgan fingerprint density at radius 1 is 0.786 bits per heavy atom. The molecule has 140 valence electrons. The van der Waals surface area contributed by atoms with Gasteiger partial charge in [0, 0.05) is 43.1 Å². The lowest BCUT2D eigenvalue weighted by Crippen LogP contribution is -2.45. The molecule has 0 atom stereocenters. The summed E-state index contributed by atoms with van der Waals surface area (Å²) in [6.45, 7) is 4.07. The van der Waals surface area contributed by atoms with Crippen molar-refractivity contribution in [2.45, 2.75) is 0 Å². The molecule has 5 rings (SSSR count). The van der Waals surface area contributed by atoms with E-state index in [-0.39, 0.29) is 0 Å². The highest BCUT2D eigenvalue weighted by molar-refractivity contribution is 7.18. The Labute approximate surface area is 168 Å². The fourth-order valence-electron chi connectivity index (χ4n) is 3.63. The third kappa shape index (κ3) is 3.15. The lowest BCUT2D eigenvalue weighted by atomic mass is 10.1. The summed E-state index contributed by atoms with van der Waals surface area (Å²) in [4.78, 5) is 11.4. The maximum Gasteiger partial charge on any atom is 0.159 e. The first-order valence-electron chi connectivity index (χ1n) is 9.50. The van der Waals surface area contributed by atoms with Gasteiger partial charge in [0.15, 0.2) is 5.82 Å². The van der Waals surface area contributed by atoms with Crippen LogP contribution < -0.4 is 4.90 Å². The van der Waals surface area contributed by atoms with Crippen molar-refractivity contribution >= 4 is 27.9 Å². The van der Waals surface area contributed by atoms with Crippen LogP contribution in [0.1, 0.15) is 0 Å². The number of nitrogens with zero attached hydrogens (tertiary/aromatic N) is 5. The molecule has 4 aromatic rings. The van der Waals surface area contributed by atoms with Gasteiger partial charge in [-0.15, -0.1) is 21.5 Å². The highest BCUT2D eigenvalue weighted by atomic mass is 32.1. The summed E-state index contributed by atoms with van der Waals surface area (Å²) in [5.41, 5.74) is 1.94. The van der Waals surface area contributed by atoms with E-state index in [4.69, 9.17) is 0 Å². The normalized spacial score (nSPS) is 15.2. The molecule has 0 radical (unpaired) electrons. The van der Waals surface area contributed by atoms with Gasteiger partial charge in [-0.2, -0.15) is 0 Å². The summed E-state index contributed by atoms with van der Waals surface area (Å²) in [7, 11) is 2.17. The van der Waals surface area contributed by atoms with E-state index in [1.54, 1.807) is 11.3 Å². The van der Waals surface area contributed by atoms with Crippen molar-refractivity contribution in [2.75, 3.05) is 38.1 Å². The largest absolute Gasteiger partial charge is 0.352 e. The number of hydrogen-bond donors (Lipinski definition) is 0. The molecule has 1 aliphatic rings. The van der Waals surface area contributed by atoms with Gasteiger partial charge in [-0.25, -0.2) is 0 Å². The standard InChI is InChI=1S/C22H21N5S/c1-26-12-14-27(15-13-26)22-17-7-3-2-6-16(17)21(24-25-22)20-10-9-19(28-20)18-8-4-5-11-23-18/h2-11H,12-15H2,1H3. The SMILES string of the molecule is CN1CCN(c2nnc(-c3ccc(-c4ccccn4)s3)c3ccccc23)CC1. The summed E-state index contributed by atoms with van der Waals surface area (Å²) in [5, 5.41) is 11.7. The average Bonchev–Trinajstić information content (AvgIpc) is 3.24. The Kier molecular flexibility index (Phi) is 4.50. The monoisotopic (exact) mass is 387 g/mol. The number of piperazine rings is 1. The number of fused-ring (bicyclic) bond motifs is 1. The van der Waals surface area contributed by atoms with Gasteiger partial charge in [0.25, 0.3) is 0 Å². The predicted octanol–water partition coefficient (Wildman–Crippen LogP) is 4.17. The van der Waals surface area contributed by atoms with Gasteiger partial charge in [-0.1, -0.05) is 30.3 Å². The zero-order chi connectivity index (χ0) is 18.9. The van der Waals surface area contributed by atoms with Crippen LogP contribution in [0, 0.1) is 0 Å². The van der Waals surface area contributed by atoms with E-state index in [0.717, 1.165) is 58.5 Å². The molecule has 1 fully saturated rings. The van der Waals surface area contributed by atoms with Gasteiger partial charge in [0.2, 0.25) is 0 Å². The summed E-state index contributed by atoms with van der Waals surface area (Å²) in [5.74, 6) is 0.994. The van der Waals surface area contributed by atoms with Crippen LogP contribution in [0.4, 0.5) is 5.82 Å². The van der Waals surface area contributed by atoms with Crippen LogP contribution in [0.15, 0.2) is 60.8 Å². The van der Waals surface area contributed by atoms with E-state index in [9.17, 15) is 0 Å². The maximum absolute atomic E-state index is 4.66. The fraction of sp³-hybridized carbons (Fsp3) is 0.227. The zero-order valence-electron chi connectivity index (χ0n) is 15.7. The molecule has 28 heavy (non-hydrogen) atoms. The second-order valence-electron chi connectivity index (χ2n) is 7.09. The minimum Gasteiger partial charge on any atom is -0.352 e. The highest BCUT2D eigenvalue weighted by Gasteiger charge is 2.20. The number of aromatic nitrogens is 3. The molecule has 0 amide bonds. The van der Waals surface area contributed by atoms with Gasteiger partial charge in [0.05, 0.1) is 15.4 Å². The van der Waals surface area contributed by atoms with Crippen LogP contribution >= 0.6 is 11.3 Å². The first-order chi connectivity index (χ1) is 13.8. The molecule has 4 heterocycles. The van der Waals surface area contributed by atoms with E-state index in [1.165, 1.54) is 5.39 Å². The van der Waals surface area contributed by atoms with E-state index in [2.05, 4.69) is 68.4 Å². The third-order valence-corrected chi connectivity index (χ3v) is 6.34. The van der Waals surface area contributed by atoms with Gasteiger partial charge >= 0.3 is 0 Å². The Morgan fingerprint density at radius 3 is 2.32 bits per heavy atom. The van der Waals surface area contributed by atoms with E-state index < -0.39 is 0 Å². The lowest BCUT2D eigenvalue weighted by molar-refractivity contribution is 0.312. The molecular formula is C22H21N5S. The summed E-state index contributed by atoms with van der Waals surface area (Å²) < 4.78 is 0. The maximum atomic E-state index is 4.66. The Morgan fingerprint density at radius 2 is 1.54 bits per heavy atom. The molecule has 1 aromatic carbocycles. The molecule has 0 N–H and O–H groups in total. The van der Waals surface area contributed by atoms with Crippen molar-refractivity contribution in [3.63, 3.8) is 0 Å². The number of anilines is 1. The topological polar surface area (TPSA) is 45.2 Å². The van der Waals surface area contributed by atoms with Gasteiger partial charge in [-0.3, -0.25) is 4.98 Å².